The van der Waals surface area contributed by atoms with Gasteiger partial charge in [0.15, 0.2) is 0 Å². The van der Waals surface area contributed by atoms with E-state index >= 15 is 0 Å². The molecule has 1 N–H and O–H groups in total. The van der Waals surface area contributed by atoms with Crippen LogP contribution in [0.2, 0.25) is 0 Å². The van der Waals surface area contributed by atoms with E-state index < -0.39 is 18.3 Å². The monoisotopic (exact) mass is 280 g/mol. The average Bonchev–Trinajstić information content (AvgIpc) is 2.49. The van der Waals surface area contributed by atoms with Gasteiger partial charge in [-0.25, -0.2) is 9.18 Å². The van der Waals surface area contributed by atoms with E-state index in [-0.39, 0.29) is 6.61 Å². The van der Waals surface area contributed by atoms with E-state index in [4.69, 9.17) is 4.74 Å². The smallest absolute Gasteiger partial charge is 0.407 e. The van der Waals surface area contributed by atoms with E-state index in [1.165, 1.54) is 0 Å². The van der Waals surface area contributed by atoms with Crippen LogP contribution in [0.5, 0.6) is 0 Å². The van der Waals surface area contributed by atoms with Gasteiger partial charge in [-0.2, -0.15) is 0 Å². The second-order valence-corrected chi connectivity index (χ2v) is 5.40. The summed E-state index contributed by atoms with van der Waals surface area (Å²) < 4.78 is 18.5. The van der Waals surface area contributed by atoms with Crippen LogP contribution in [-0.2, 0) is 11.3 Å². The van der Waals surface area contributed by atoms with Gasteiger partial charge in [-0.15, -0.1) is 0 Å². The Morgan fingerprint density at radius 2 is 2.00 bits per heavy atom. The lowest BCUT2D eigenvalue weighted by Crippen LogP contribution is -2.56. The maximum Gasteiger partial charge on any atom is 0.407 e. The highest BCUT2D eigenvalue weighted by molar-refractivity contribution is 5.68. The van der Waals surface area contributed by atoms with Crippen molar-refractivity contribution in [3.8, 4) is 0 Å². The van der Waals surface area contributed by atoms with Gasteiger partial charge < -0.3 is 15.0 Å². The summed E-state index contributed by atoms with van der Waals surface area (Å²) in [4.78, 5) is 13.9. The maximum atomic E-state index is 13.3. The van der Waals surface area contributed by atoms with E-state index in [9.17, 15) is 9.18 Å². The normalized spacial score (nSPS) is 18.5. The highest BCUT2D eigenvalue weighted by Gasteiger charge is 2.35. The topological polar surface area (TPSA) is 41.6 Å². The van der Waals surface area contributed by atoms with E-state index in [2.05, 4.69) is 10.2 Å². The molecule has 1 aromatic rings. The molecule has 4 nitrogen and oxygen atoms in total. The van der Waals surface area contributed by atoms with E-state index in [1.54, 1.807) is 0 Å². The van der Waals surface area contributed by atoms with Crippen molar-refractivity contribution in [3.05, 3.63) is 35.9 Å². The zero-order valence-electron chi connectivity index (χ0n) is 11.8. The number of amides is 1. The first-order chi connectivity index (χ1) is 9.63. The van der Waals surface area contributed by atoms with Crippen LogP contribution in [-0.4, -0.2) is 43.3 Å². The lowest BCUT2D eigenvalue weighted by atomic mass is 9.89. The van der Waals surface area contributed by atoms with Gasteiger partial charge >= 0.3 is 6.09 Å². The van der Waals surface area contributed by atoms with Crippen molar-refractivity contribution < 1.29 is 13.9 Å². The molecular weight excluding hydrogens is 259 g/mol. The first-order valence-electron chi connectivity index (χ1n) is 6.87. The zero-order chi connectivity index (χ0) is 14.4. The summed E-state index contributed by atoms with van der Waals surface area (Å²) in [7, 11) is 2.00. The van der Waals surface area contributed by atoms with Gasteiger partial charge in [-0.1, -0.05) is 30.3 Å². The molecule has 1 amide bonds. The maximum absolute atomic E-state index is 13.3. The lowest BCUT2D eigenvalue weighted by molar-refractivity contribution is 0.0932. The molecule has 1 aromatic carbocycles. The molecule has 1 heterocycles. The summed E-state index contributed by atoms with van der Waals surface area (Å²) in [5.74, 6) is 0. The Morgan fingerprint density at radius 3 is 2.60 bits per heavy atom. The highest BCUT2D eigenvalue weighted by atomic mass is 19.1. The Balaban J connectivity index is 1.83. The number of carbonyl (C=O) groups excluding carboxylic acids is 1. The van der Waals surface area contributed by atoms with Gasteiger partial charge in [-0.05, 0) is 25.5 Å². The molecule has 0 bridgehead atoms. The summed E-state index contributed by atoms with van der Waals surface area (Å²) in [5, 5.41) is 2.71. The predicted molar refractivity (Wildman–Crippen MR) is 75.2 cm³/mol. The van der Waals surface area contributed by atoms with Crippen LogP contribution < -0.4 is 5.32 Å². The van der Waals surface area contributed by atoms with Crippen molar-refractivity contribution >= 4 is 6.09 Å². The summed E-state index contributed by atoms with van der Waals surface area (Å²) in [6, 6.07) is 9.44. The molecule has 0 saturated carbocycles. The number of benzene rings is 1. The number of likely N-dealkylation sites (tertiary alicyclic amines) is 1. The largest absolute Gasteiger partial charge is 0.445 e. The number of ether oxygens (including phenoxy) is 1. The van der Waals surface area contributed by atoms with Crippen LogP contribution in [0.3, 0.4) is 0 Å². The number of alkyl halides is 1. The quantitative estimate of drug-likeness (QED) is 0.920. The molecule has 110 valence electrons. The molecule has 1 aliphatic heterocycles. The van der Waals surface area contributed by atoms with Crippen LogP contribution in [0.1, 0.15) is 18.4 Å². The minimum absolute atomic E-state index is 0.203. The molecule has 20 heavy (non-hydrogen) atoms. The number of halogens is 1. The Kier molecular flexibility index (Phi) is 4.95. The molecule has 5 heteroatoms. The van der Waals surface area contributed by atoms with Crippen LogP contribution in [0, 0.1) is 0 Å². The molecular formula is C15H21FN2O2. The second-order valence-electron chi connectivity index (χ2n) is 5.40. The van der Waals surface area contributed by atoms with Gasteiger partial charge in [0.1, 0.15) is 13.3 Å². The Labute approximate surface area is 118 Å². The SMILES string of the molecule is CN1CCC(CF)(NC(=O)OCc2ccccc2)CC1. The molecule has 1 aliphatic rings. The standard InChI is InChI=1S/C15H21FN2O2/c1-18-9-7-15(12-16,8-10-18)17-14(19)20-11-13-5-3-2-4-6-13/h2-6H,7-12H2,1H3,(H,17,19). The summed E-state index contributed by atoms with van der Waals surface area (Å²) in [6.45, 7) is 1.21. The van der Waals surface area contributed by atoms with Gasteiger partial charge in [0.05, 0.1) is 5.54 Å². The first-order valence-corrected chi connectivity index (χ1v) is 6.87. The van der Waals surface area contributed by atoms with Gasteiger partial charge in [0.2, 0.25) is 0 Å². The van der Waals surface area contributed by atoms with Gasteiger partial charge in [0.25, 0.3) is 0 Å². The number of carbonyl (C=O) groups is 1. The number of nitrogens with one attached hydrogen (secondary N) is 1. The van der Waals surface area contributed by atoms with Crippen molar-refractivity contribution in [2.45, 2.75) is 25.0 Å². The Hall–Kier alpha value is -1.62. The molecule has 0 radical (unpaired) electrons. The number of alkyl carbamates (subject to hydrolysis) is 1. The highest BCUT2D eigenvalue weighted by Crippen LogP contribution is 2.22. The van der Waals surface area contributed by atoms with Crippen molar-refractivity contribution in [2.24, 2.45) is 0 Å². The molecule has 0 spiro atoms. The third-order valence-electron chi connectivity index (χ3n) is 3.78. The average molecular weight is 280 g/mol. The first kappa shape index (κ1) is 14.8. The second kappa shape index (κ2) is 6.70. The van der Waals surface area contributed by atoms with E-state index in [1.807, 2.05) is 37.4 Å². The minimum atomic E-state index is -0.764. The summed E-state index contributed by atoms with van der Waals surface area (Å²) in [6.07, 6.45) is 0.678. The fourth-order valence-electron chi connectivity index (χ4n) is 2.31. The molecule has 0 aromatic heterocycles. The Morgan fingerprint density at radius 1 is 1.35 bits per heavy atom. The molecule has 0 unspecified atom stereocenters. The van der Waals surface area contributed by atoms with Crippen LogP contribution in [0.25, 0.3) is 0 Å². The Bertz CT molecular complexity index is 431. The number of hydrogen-bond acceptors (Lipinski definition) is 3. The molecule has 2 rings (SSSR count). The minimum Gasteiger partial charge on any atom is -0.445 e. The number of rotatable bonds is 4. The summed E-state index contributed by atoms with van der Waals surface area (Å²) in [5.41, 5.74) is 0.153. The lowest BCUT2D eigenvalue weighted by Gasteiger charge is -2.38. The zero-order valence-corrected chi connectivity index (χ0v) is 11.8. The van der Waals surface area contributed by atoms with Crippen molar-refractivity contribution in [3.63, 3.8) is 0 Å². The van der Waals surface area contributed by atoms with Gasteiger partial charge in [-0.3, -0.25) is 0 Å². The predicted octanol–water partition coefficient (Wildman–Crippen LogP) is 2.35. The van der Waals surface area contributed by atoms with Crippen molar-refractivity contribution in [2.75, 3.05) is 26.8 Å². The molecule has 0 aliphatic carbocycles. The molecule has 1 saturated heterocycles. The van der Waals surface area contributed by atoms with Crippen molar-refractivity contribution in [1.82, 2.24) is 10.2 Å². The number of hydrogen-bond donors (Lipinski definition) is 1. The van der Waals surface area contributed by atoms with E-state index in [0.29, 0.717) is 12.8 Å². The van der Waals surface area contributed by atoms with Crippen LogP contribution in [0.15, 0.2) is 30.3 Å². The van der Waals surface area contributed by atoms with Gasteiger partial charge in [0, 0.05) is 13.1 Å². The summed E-state index contributed by atoms with van der Waals surface area (Å²) >= 11 is 0. The third kappa shape index (κ3) is 3.93. The van der Waals surface area contributed by atoms with E-state index in [0.717, 1.165) is 18.7 Å². The molecule has 1 fully saturated rings. The number of piperidine rings is 1. The number of nitrogens with zero attached hydrogens (tertiary/aromatic N) is 1. The van der Waals surface area contributed by atoms with Crippen LogP contribution >= 0.6 is 0 Å². The molecule has 0 atom stereocenters. The fraction of sp³-hybridized carbons (Fsp3) is 0.533. The fourth-order valence-corrected chi connectivity index (χ4v) is 2.31. The van der Waals surface area contributed by atoms with Crippen LogP contribution in [0.4, 0.5) is 9.18 Å². The third-order valence-corrected chi connectivity index (χ3v) is 3.78. The van der Waals surface area contributed by atoms with Crippen molar-refractivity contribution in [1.29, 1.82) is 0 Å².